The van der Waals surface area contributed by atoms with Crippen molar-refractivity contribution in [2.24, 2.45) is 0 Å². The molecule has 0 saturated carbocycles. The van der Waals surface area contributed by atoms with Crippen molar-refractivity contribution in [3.63, 3.8) is 0 Å². The molecule has 3 heterocycles. The fraction of sp³-hybridized carbons (Fsp3) is 0.250. The minimum absolute atomic E-state index is 0. The molecule has 6 aromatic rings. The van der Waals surface area contributed by atoms with Crippen molar-refractivity contribution in [3.8, 4) is 17.3 Å². The summed E-state index contributed by atoms with van der Waals surface area (Å²) in [6.07, 6.45) is 5.53. The molecule has 236 valence electrons. The van der Waals surface area contributed by atoms with Gasteiger partial charge in [-0.05, 0) is 62.3 Å². The zero-order chi connectivity index (χ0) is 31.6. The fourth-order valence-electron chi connectivity index (χ4n) is 6.13. The van der Waals surface area contributed by atoms with Gasteiger partial charge in [-0.2, -0.15) is 24.3 Å². The first-order valence-corrected chi connectivity index (χ1v) is 15.5. The molecule has 4 aromatic carbocycles. The van der Waals surface area contributed by atoms with Gasteiger partial charge in [-0.15, -0.1) is 23.6 Å². The summed E-state index contributed by atoms with van der Waals surface area (Å²) in [5.41, 5.74) is 4.72. The summed E-state index contributed by atoms with van der Waals surface area (Å²) in [4.78, 5) is 6.97. The van der Waals surface area contributed by atoms with Crippen LogP contribution in [0.5, 0.6) is 11.5 Å². The van der Waals surface area contributed by atoms with Crippen LogP contribution >= 0.6 is 0 Å². The van der Waals surface area contributed by atoms with E-state index in [-0.39, 0.29) is 37.6 Å². The summed E-state index contributed by atoms with van der Waals surface area (Å²) in [6, 6.07) is 40.3. The Bertz CT molecular complexity index is 2090. The first-order valence-electron chi connectivity index (χ1n) is 15.5. The minimum atomic E-state index is -0.279. The molecule has 2 aromatic heterocycles. The van der Waals surface area contributed by atoms with E-state index in [9.17, 15) is 0 Å². The number of rotatable bonds is 5. The fourth-order valence-corrected chi connectivity index (χ4v) is 6.13. The maximum absolute atomic E-state index is 6.47. The van der Waals surface area contributed by atoms with Crippen LogP contribution in [-0.2, 0) is 26.5 Å². The first kappa shape index (κ1) is 31.8. The second-order valence-corrected chi connectivity index (χ2v) is 13.8. The Morgan fingerprint density at radius 2 is 1.48 bits per heavy atom. The Hall–Kier alpha value is -4.21. The van der Waals surface area contributed by atoms with E-state index in [0.29, 0.717) is 11.5 Å². The molecule has 0 amide bonds. The summed E-state index contributed by atoms with van der Waals surface area (Å²) < 4.78 is 10.9. The summed E-state index contributed by atoms with van der Waals surface area (Å²) >= 11 is 0. The maximum Gasteiger partial charge on any atom is 0.205 e. The molecular weight excluding hydrogens is 748 g/mol. The number of nitrogens with zero attached hydrogens (tertiary/aromatic N) is 4. The van der Waals surface area contributed by atoms with Gasteiger partial charge < -0.3 is 18.8 Å². The SMILES string of the molecule is CC(C)(C)c1ccnc(-n2c3[c-]c(Oc4[c-]c(N5[C-]=[N+](c6ccccc6)C(C)(C)C5(C)C)ccc4)ccc3c3ccccc32)c1.[Pt]. The molecule has 7 rings (SSSR count). The third-order valence-corrected chi connectivity index (χ3v) is 9.44. The number of ether oxygens (including phenoxy) is 1. The zero-order valence-corrected chi connectivity index (χ0v) is 29.6. The Morgan fingerprint density at radius 1 is 0.761 bits per heavy atom. The Labute approximate surface area is 286 Å². The van der Waals surface area contributed by atoms with Gasteiger partial charge >= 0.3 is 0 Å². The topological polar surface area (TPSA) is 33.3 Å². The molecule has 0 N–H and O–H groups in total. The predicted octanol–water partition coefficient (Wildman–Crippen LogP) is 9.49. The van der Waals surface area contributed by atoms with E-state index in [1.165, 1.54) is 5.56 Å². The third-order valence-electron chi connectivity index (χ3n) is 9.44. The van der Waals surface area contributed by atoms with Crippen molar-refractivity contribution in [3.05, 3.63) is 121 Å². The van der Waals surface area contributed by atoms with Crippen molar-refractivity contribution in [1.82, 2.24) is 9.55 Å². The molecule has 1 aliphatic heterocycles. The molecular formula is C40H38N4OPt-2. The standard InChI is InChI=1S/C40H38N4O.Pt/c1-38(2,3)28-22-23-41-37(24-28)44-35-19-12-11-18-33(35)34-21-20-32(26-36(34)44)45-31-17-13-16-30(25-31)43-27-42(29-14-9-8-10-15-29)39(4,5)40(43,6)7;/h8-24H,1-7H3;/q-2;. The number of hydrogen-bond acceptors (Lipinski definition) is 3. The molecule has 5 nitrogen and oxygen atoms in total. The molecule has 0 fully saturated rings. The smallest absolute Gasteiger partial charge is 0.205 e. The molecule has 0 radical (unpaired) electrons. The summed E-state index contributed by atoms with van der Waals surface area (Å²) in [5, 5.41) is 2.25. The van der Waals surface area contributed by atoms with Gasteiger partial charge in [0.25, 0.3) is 0 Å². The number of fused-ring (bicyclic) bond motifs is 3. The first-order chi connectivity index (χ1) is 21.4. The van der Waals surface area contributed by atoms with Crippen molar-refractivity contribution < 1.29 is 30.4 Å². The summed E-state index contributed by atoms with van der Waals surface area (Å²) in [7, 11) is 0. The molecule has 0 aliphatic carbocycles. The Balaban J connectivity index is 0.00000372. The van der Waals surface area contributed by atoms with E-state index in [0.717, 1.165) is 39.0 Å². The van der Waals surface area contributed by atoms with Crippen LogP contribution in [0.15, 0.2) is 103 Å². The molecule has 0 unspecified atom stereocenters. The number of benzene rings is 4. The van der Waals surface area contributed by atoms with Gasteiger partial charge in [0, 0.05) is 50.0 Å². The van der Waals surface area contributed by atoms with Crippen LogP contribution in [-0.4, -0.2) is 31.5 Å². The normalized spacial score (nSPS) is 15.5. The number of para-hydroxylation sites is 2. The van der Waals surface area contributed by atoms with E-state index < -0.39 is 0 Å². The van der Waals surface area contributed by atoms with Crippen molar-refractivity contribution >= 4 is 39.5 Å². The van der Waals surface area contributed by atoms with Crippen LogP contribution in [0, 0.1) is 12.1 Å². The van der Waals surface area contributed by atoms with Crippen LogP contribution in [0.2, 0.25) is 0 Å². The Kier molecular flexibility index (Phi) is 7.97. The molecule has 0 spiro atoms. The number of aromatic nitrogens is 2. The number of pyridine rings is 1. The monoisotopic (exact) mass is 785 g/mol. The van der Waals surface area contributed by atoms with Gasteiger partial charge in [-0.25, -0.2) is 4.98 Å². The van der Waals surface area contributed by atoms with E-state index in [4.69, 9.17) is 9.72 Å². The van der Waals surface area contributed by atoms with E-state index >= 15 is 0 Å². The minimum Gasteiger partial charge on any atom is -0.510 e. The van der Waals surface area contributed by atoms with E-state index in [2.05, 4.69) is 154 Å². The second-order valence-electron chi connectivity index (χ2n) is 13.8. The van der Waals surface area contributed by atoms with Crippen molar-refractivity contribution in [1.29, 1.82) is 0 Å². The maximum atomic E-state index is 6.47. The molecule has 1 aliphatic rings. The molecule has 0 atom stereocenters. The summed E-state index contributed by atoms with van der Waals surface area (Å²) in [5.74, 6) is 2.10. The average Bonchev–Trinajstić information content (AvgIpc) is 3.44. The summed E-state index contributed by atoms with van der Waals surface area (Å²) in [6.45, 7) is 15.7. The van der Waals surface area contributed by atoms with Gasteiger partial charge in [-0.3, -0.25) is 0 Å². The molecule has 46 heavy (non-hydrogen) atoms. The molecule has 0 bridgehead atoms. The van der Waals surface area contributed by atoms with Crippen LogP contribution in [0.1, 0.15) is 54.0 Å². The predicted molar refractivity (Wildman–Crippen MR) is 183 cm³/mol. The van der Waals surface area contributed by atoms with Crippen LogP contribution < -0.4 is 9.64 Å². The van der Waals surface area contributed by atoms with Crippen molar-refractivity contribution in [2.75, 3.05) is 4.90 Å². The average molecular weight is 786 g/mol. The molecule has 6 heteroatoms. The number of anilines is 1. The van der Waals surface area contributed by atoms with Gasteiger partial charge in [0.05, 0.1) is 0 Å². The zero-order valence-electron chi connectivity index (χ0n) is 27.3. The van der Waals surface area contributed by atoms with Crippen molar-refractivity contribution in [2.45, 2.75) is 65.0 Å². The van der Waals surface area contributed by atoms with Gasteiger partial charge in [0.1, 0.15) is 16.9 Å². The van der Waals surface area contributed by atoms with Crippen LogP contribution in [0.25, 0.3) is 27.6 Å². The largest absolute Gasteiger partial charge is 0.510 e. The molecule has 0 saturated heterocycles. The quantitative estimate of drug-likeness (QED) is 0.129. The number of hydrogen-bond donors (Lipinski definition) is 0. The second kappa shape index (κ2) is 11.5. The van der Waals surface area contributed by atoms with E-state index in [1.807, 2.05) is 30.5 Å². The van der Waals surface area contributed by atoms with E-state index in [1.54, 1.807) is 0 Å². The van der Waals surface area contributed by atoms with Gasteiger partial charge in [0.2, 0.25) is 6.34 Å². The van der Waals surface area contributed by atoms with Crippen LogP contribution in [0.3, 0.4) is 0 Å². The van der Waals surface area contributed by atoms with Gasteiger partial charge in [0.15, 0.2) is 0 Å². The van der Waals surface area contributed by atoms with Crippen LogP contribution in [0.4, 0.5) is 11.4 Å². The van der Waals surface area contributed by atoms with Gasteiger partial charge in [-0.1, -0.05) is 80.5 Å². The Morgan fingerprint density at radius 3 is 2.24 bits per heavy atom. The third kappa shape index (κ3) is 5.25.